The molecule has 128 valence electrons. The Morgan fingerprint density at radius 1 is 1.33 bits per heavy atom. The fourth-order valence-electron chi connectivity index (χ4n) is 3.18. The molecule has 1 aliphatic heterocycles. The molecule has 0 aliphatic carbocycles. The number of furan rings is 1. The summed E-state index contributed by atoms with van der Waals surface area (Å²) in [5, 5.41) is 4.10. The SMILES string of the molecule is CCc1ccc(C2CC(C)CCN2C(=O)c2ccc(=O)n(C)n2)o1. The molecular weight excluding hydrogens is 306 g/mol. The quantitative estimate of drug-likeness (QED) is 0.868. The van der Waals surface area contributed by atoms with Crippen LogP contribution in [0.3, 0.4) is 0 Å². The average Bonchev–Trinajstić information content (AvgIpc) is 3.05. The van der Waals surface area contributed by atoms with E-state index in [1.165, 1.54) is 16.8 Å². The molecule has 0 spiro atoms. The Bertz CT molecular complexity index is 793. The van der Waals surface area contributed by atoms with Crippen LogP contribution in [0.15, 0.2) is 33.5 Å². The first-order valence-corrected chi connectivity index (χ1v) is 8.43. The first kappa shape index (κ1) is 16.5. The van der Waals surface area contributed by atoms with Gasteiger partial charge in [0.05, 0.1) is 6.04 Å². The third kappa shape index (κ3) is 3.13. The lowest BCUT2D eigenvalue weighted by Gasteiger charge is -2.37. The molecule has 1 amide bonds. The van der Waals surface area contributed by atoms with E-state index >= 15 is 0 Å². The van der Waals surface area contributed by atoms with Crippen molar-refractivity contribution in [3.8, 4) is 0 Å². The zero-order valence-corrected chi connectivity index (χ0v) is 14.4. The summed E-state index contributed by atoms with van der Waals surface area (Å²) in [5.41, 5.74) is 0.0629. The molecule has 1 fully saturated rings. The molecule has 0 saturated carbocycles. The Morgan fingerprint density at radius 3 is 2.79 bits per heavy atom. The summed E-state index contributed by atoms with van der Waals surface area (Å²) in [4.78, 5) is 26.3. The molecule has 0 N–H and O–H groups in total. The third-order valence-electron chi connectivity index (χ3n) is 4.66. The minimum absolute atomic E-state index is 0.0828. The number of amides is 1. The first-order chi connectivity index (χ1) is 11.5. The van der Waals surface area contributed by atoms with Crippen LogP contribution in [0.1, 0.15) is 54.7 Å². The number of aryl methyl sites for hydroxylation is 2. The minimum atomic E-state index is -0.228. The molecule has 1 saturated heterocycles. The van der Waals surface area contributed by atoms with E-state index in [-0.39, 0.29) is 17.5 Å². The van der Waals surface area contributed by atoms with Crippen molar-refractivity contribution in [2.45, 2.75) is 39.2 Å². The number of nitrogens with zero attached hydrogens (tertiary/aromatic N) is 3. The molecule has 0 radical (unpaired) electrons. The number of hydrogen-bond donors (Lipinski definition) is 0. The number of hydrogen-bond acceptors (Lipinski definition) is 4. The van der Waals surface area contributed by atoms with Gasteiger partial charge in [0, 0.05) is 26.1 Å². The Morgan fingerprint density at radius 2 is 2.12 bits per heavy atom. The molecule has 6 heteroatoms. The predicted octanol–water partition coefficient (Wildman–Crippen LogP) is 2.55. The maximum atomic E-state index is 12.9. The van der Waals surface area contributed by atoms with Crippen molar-refractivity contribution in [3.63, 3.8) is 0 Å². The van der Waals surface area contributed by atoms with Gasteiger partial charge in [-0.3, -0.25) is 9.59 Å². The number of piperidine rings is 1. The van der Waals surface area contributed by atoms with Crippen LogP contribution in [-0.4, -0.2) is 27.1 Å². The lowest BCUT2D eigenvalue weighted by molar-refractivity contribution is 0.0510. The summed E-state index contributed by atoms with van der Waals surface area (Å²) in [5.74, 6) is 2.13. The van der Waals surface area contributed by atoms with Crippen molar-refractivity contribution in [2.24, 2.45) is 13.0 Å². The predicted molar refractivity (Wildman–Crippen MR) is 89.7 cm³/mol. The third-order valence-corrected chi connectivity index (χ3v) is 4.66. The number of carbonyl (C=O) groups is 1. The second kappa shape index (κ2) is 6.63. The van der Waals surface area contributed by atoms with Crippen LogP contribution in [0.4, 0.5) is 0 Å². The van der Waals surface area contributed by atoms with Crippen LogP contribution in [0.2, 0.25) is 0 Å². The Labute approximate surface area is 141 Å². The highest BCUT2D eigenvalue weighted by Crippen LogP contribution is 2.35. The zero-order valence-electron chi connectivity index (χ0n) is 14.4. The van der Waals surface area contributed by atoms with E-state index in [9.17, 15) is 9.59 Å². The molecule has 3 heterocycles. The molecule has 0 aromatic carbocycles. The second-order valence-electron chi connectivity index (χ2n) is 6.48. The van der Waals surface area contributed by atoms with Gasteiger partial charge in [-0.2, -0.15) is 5.10 Å². The number of likely N-dealkylation sites (tertiary alicyclic amines) is 1. The van der Waals surface area contributed by atoms with Gasteiger partial charge in [0.15, 0.2) is 0 Å². The lowest BCUT2D eigenvalue weighted by Crippen LogP contribution is -2.41. The number of aromatic nitrogens is 2. The van der Waals surface area contributed by atoms with E-state index in [4.69, 9.17) is 4.42 Å². The van der Waals surface area contributed by atoms with Crippen LogP contribution in [0, 0.1) is 5.92 Å². The van der Waals surface area contributed by atoms with Crippen molar-refractivity contribution in [2.75, 3.05) is 6.54 Å². The van der Waals surface area contributed by atoms with E-state index < -0.39 is 0 Å². The van der Waals surface area contributed by atoms with E-state index in [1.54, 1.807) is 7.05 Å². The van der Waals surface area contributed by atoms with Crippen molar-refractivity contribution in [1.82, 2.24) is 14.7 Å². The first-order valence-electron chi connectivity index (χ1n) is 8.43. The van der Waals surface area contributed by atoms with Crippen molar-refractivity contribution in [1.29, 1.82) is 0 Å². The Kier molecular flexibility index (Phi) is 4.55. The van der Waals surface area contributed by atoms with Gasteiger partial charge in [0.25, 0.3) is 11.5 Å². The molecule has 2 unspecified atom stereocenters. The van der Waals surface area contributed by atoms with Gasteiger partial charge in [-0.05, 0) is 37.0 Å². The summed E-state index contributed by atoms with van der Waals surface area (Å²) in [6, 6.07) is 6.74. The molecular formula is C18H23N3O3. The van der Waals surface area contributed by atoms with Crippen LogP contribution in [0.25, 0.3) is 0 Å². The molecule has 2 aromatic rings. The maximum Gasteiger partial charge on any atom is 0.274 e. The summed E-state index contributed by atoms with van der Waals surface area (Å²) in [6.45, 7) is 4.91. The highest BCUT2D eigenvalue weighted by Gasteiger charge is 2.34. The molecule has 2 atom stereocenters. The van der Waals surface area contributed by atoms with Gasteiger partial charge in [-0.1, -0.05) is 13.8 Å². The van der Waals surface area contributed by atoms with Gasteiger partial charge in [-0.15, -0.1) is 0 Å². The summed E-state index contributed by atoms with van der Waals surface area (Å²) < 4.78 is 7.10. The monoisotopic (exact) mass is 329 g/mol. The normalized spacial score (nSPS) is 21.0. The molecule has 3 rings (SSSR count). The van der Waals surface area contributed by atoms with Crippen LogP contribution in [0.5, 0.6) is 0 Å². The highest BCUT2D eigenvalue weighted by atomic mass is 16.3. The minimum Gasteiger partial charge on any atom is -0.464 e. The summed E-state index contributed by atoms with van der Waals surface area (Å²) in [7, 11) is 1.55. The fourth-order valence-corrected chi connectivity index (χ4v) is 3.18. The van der Waals surface area contributed by atoms with Gasteiger partial charge >= 0.3 is 0 Å². The van der Waals surface area contributed by atoms with E-state index in [2.05, 4.69) is 12.0 Å². The maximum absolute atomic E-state index is 12.9. The highest BCUT2D eigenvalue weighted by molar-refractivity contribution is 5.92. The Balaban J connectivity index is 1.91. The molecule has 2 aromatic heterocycles. The van der Waals surface area contributed by atoms with Crippen LogP contribution in [-0.2, 0) is 13.5 Å². The van der Waals surface area contributed by atoms with Gasteiger partial charge in [0.2, 0.25) is 0 Å². The van der Waals surface area contributed by atoms with Crippen molar-refractivity contribution in [3.05, 3.63) is 51.8 Å². The average molecular weight is 329 g/mol. The topological polar surface area (TPSA) is 68.3 Å². The van der Waals surface area contributed by atoms with Gasteiger partial charge in [-0.25, -0.2) is 4.68 Å². The largest absolute Gasteiger partial charge is 0.464 e. The summed E-state index contributed by atoms with van der Waals surface area (Å²) >= 11 is 0. The van der Waals surface area contributed by atoms with Gasteiger partial charge in [0.1, 0.15) is 17.2 Å². The fraction of sp³-hybridized carbons (Fsp3) is 0.500. The molecule has 1 aliphatic rings. The second-order valence-corrected chi connectivity index (χ2v) is 6.48. The molecule has 0 bridgehead atoms. The standard InChI is InChI=1S/C18H23N3O3/c1-4-13-5-7-16(24-13)15-11-12(2)9-10-21(15)18(23)14-6-8-17(22)20(3)19-14/h5-8,12,15H,4,9-11H2,1-3H3. The van der Waals surface area contributed by atoms with Crippen molar-refractivity contribution < 1.29 is 9.21 Å². The smallest absolute Gasteiger partial charge is 0.274 e. The van der Waals surface area contributed by atoms with E-state index in [0.717, 1.165) is 30.8 Å². The van der Waals surface area contributed by atoms with Crippen molar-refractivity contribution >= 4 is 5.91 Å². The lowest BCUT2D eigenvalue weighted by atomic mass is 9.91. The van der Waals surface area contributed by atoms with E-state index in [1.807, 2.05) is 24.0 Å². The zero-order chi connectivity index (χ0) is 17.3. The Hall–Kier alpha value is -2.37. The molecule has 24 heavy (non-hydrogen) atoms. The van der Waals surface area contributed by atoms with Crippen LogP contribution < -0.4 is 5.56 Å². The number of rotatable bonds is 3. The molecule has 6 nitrogen and oxygen atoms in total. The van der Waals surface area contributed by atoms with Crippen LogP contribution >= 0.6 is 0 Å². The van der Waals surface area contributed by atoms with Gasteiger partial charge < -0.3 is 9.32 Å². The summed E-state index contributed by atoms with van der Waals surface area (Å²) in [6.07, 6.45) is 2.65. The van der Waals surface area contributed by atoms with E-state index in [0.29, 0.717) is 18.2 Å². The number of carbonyl (C=O) groups excluding carboxylic acids is 1.